The van der Waals surface area contributed by atoms with Crippen LogP contribution in [0.25, 0.3) is 11.0 Å². The summed E-state index contributed by atoms with van der Waals surface area (Å²) in [5.41, 5.74) is 1.73. The van der Waals surface area contributed by atoms with Crippen molar-refractivity contribution in [3.05, 3.63) is 24.3 Å². The predicted molar refractivity (Wildman–Crippen MR) is 68.9 cm³/mol. The zero-order chi connectivity index (χ0) is 13.0. The van der Waals surface area contributed by atoms with Gasteiger partial charge in [0, 0.05) is 6.54 Å². The summed E-state index contributed by atoms with van der Waals surface area (Å²) < 4.78 is 1.66. The molecule has 2 aromatic rings. The van der Waals surface area contributed by atoms with E-state index >= 15 is 0 Å². The van der Waals surface area contributed by atoms with E-state index < -0.39 is 0 Å². The van der Waals surface area contributed by atoms with E-state index in [1.807, 2.05) is 38.1 Å². The Balaban J connectivity index is 1.92. The van der Waals surface area contributed by atoms with Crippen molar-refractivity contribution < 1.29 is 4.79 Å². The van der Waals surface area contributed by atoms with Crippen molar-refractivity contribution in [2.24, 2.45) is 5.92 Å². The van der Waals surface area contributed by atoms with Gasteiger partial charge in [0.1, 0.15) is 12.2 Å². The Kier molecular flexibility index (Phi) is 3.76. The molecule has 6 heteroatoms. The highest BCUT2D eigenvalue weighted by Gasteiger charge is 2.05. The Hall–Kier alpha value is -2.11. The molecular formula is C12H17N5O. The lowest BCUT2D eigenvalue weighted by Gasteiger charge is -2.09. The van der Waals surface area contributed by atoms with Gasteiger partial charge in [0.2, 0.25) is 0 Å². The van der Waals surface area contributed by atoms with Gasteiger partial charge in [0.15, 0.2) is 0 Å². The molecule has 18 heavy (non-hydrogen) atoms. The molecule has 0 saturated carbocycles. The molecule has 0 saturated heterocycles. The molecule has 0 aliphatic rings. The highest BCUT2D eigenvalue weighted by atomic mass is 16.2. The van der Waals surface area contributed by atoms with Gasteiger partial charge in [-0.25, -0.2) is 9.48 Å². The monoisotopic (exact) mass is 247 g/mol. The molecule has 96 valence electrons. The number of para-hydroxylation sites is 1. The Bertz CT molecular complexity index is 534. The van der Waals surface area contributed by atoms with Gasteiger partial charge in [-0.1, -0.05) is 31.2 Å². The third kappa shape index (κ3) is 2.97. The number of nitrogens with one attached hydrogen (secondary N) is 2. The second-order valence-electron chi connectivity index (χ2n) is 4.52. The van der Waals surface area contributed by atoms with E-state index in [4.69, 9.17) is 0 Å². The van der Waals surface area contributed by atoms with Crippen LogP contribution < -0.4 is 10.6 Å². The summed E-state index contributed by atoms with van der Waals surface area (Å²) in [6.07, 6.45) is 0. The number of benzene rings is 1. The maximum atomic E-state index is 11.5. The highest BCUT2D eigenvalue weighted by molar-refractivity contribution is 5.75. The molecule has 1 heterocycles. The number of urea groups is 1. The average molecular weight is 247 g/mol. The van der Waals surface area contributed by atoms with Crippen LogP contribution in [-0.4, -0.2) is 27.6 Å². The number of carbonyl (C=O) groups is 1. The molecule has 6 nitrogen and oxygen atoms in total. The molecule has 2 amide bonds. The quantitative estimate of drug-likeness (QED) is 0.856. The minimum Gasteiger partial charge on any atom is -0.338 e. The highest BCUT2D eigenvalue weighted by Crippen LogP contribution is 2.08. The van der Waals surface area contributed by atoms with Crippen LogP contribution in [0.2, 0.25) is 0 Å². The SMILES string of the molecule is CC(C)CNC(=O)NCn1nnc2ccccc21. The average Bonchev–Trinajstić information content (AvgIpc) is 2.77. The van der Waals surface area contributed by atoms with E-state index in [2.05, 4.69) is 20.9 Å². The van der Waals surface area contributed by atoms with Crippen molar-refractivity contribution in [2.45, 2.75) is 20.5 Å². The van der Waals surface area contributed by atoms with Gasteiger partial charge < -0.3 is 10.6 Å². The minimum absolute atomic E-state index is 0.191. The van der Waals surface area contributed by atoms with E-state index in [1.54, 1.807) is 4.68 Å². The van der Waals surface area contributed by atoms with Crippen molar-refractivity contribution in [1.29, 1.82) is 0 Å². The number of nitrogens with zero attached hydrogens (tertiary/aromatic N) is 3. The molecule has 2 rings (SSSR count). The van der Waals surface area contributed by atoms with Crippen molar-refractivity contribution >= 4 is 17.1 Å². The maximum absolute atomic E-state index is 11.5. The fourth-order valence-corrected chi connectivity index (χ4v) is 1.54. The molecule has 0 unspecified atom stereocenters. The second kappa shape index (κ2) is 5.48. The molecule has 0 atom stereocenters. The Morgan fingerprint density at radius 3 is 2.89 bits per heavy atom. The third-order valence-electron chi connectivity index (χ3n) is 2.48. The lowest BCUT2D eigenvalue weighted by molar-refractivity contribution is 0.236. The first-order valence-electron chi connectivity index (χ1n) is 5.96. The molecule has 0 aliphatic heterocycles. The summed E-state index contributed by atoms with van der Waals surface area (Å²) >= 11 is 0. The second-order valence-corrected chi connectivity index (χ2v) is 4.52. The Labute approximate surface area is 105 Å². The van der Waals surface area contributed by atoms with Gasteiger partial charge >= 0.3 is 6.03 Å². The Morgan fingerprint density at radius 1 is 1.33 bits per heavy atom. The van der Waals surface area contributed by atoms with Crippen LogP contribution in [0, 0.1) is 5.92 Å². The summed E-state index contributed by atoms with van der Waals surface area (Å²) in [6.45, 7) is 5.06. The van der Waals surface area contributed by atoms with E-state index in [0.29, 0.717) is 19.1 Å². The normalized spacial score (nSPS) is 10.8. The van der Waals surface area contributed by atoms with Gasteiger partial charge in [0.25, 0.3) is 0 Å². The lowest BCUT2D eigenvalue weighted by Crippen LogP contribution is -2.38. The zero-order valence-electron chi connectivity index (χ0n) is 10.6. The van der Waals surface area contributed by atoms with E-state index in [9.17, 15) is 4.79 Å². The molecule has 0 radical (unpaired) electrons. The Morgan fingerprint density at radius 2 is 2.11 bits per heavy atom. The van der Waals surface area contributed by atoms with Crippen LogP contribution in [0.5, 0.6) is 0 Å². The molecule has 0 aliphatic carbocycles. The number of amides is 2. The standard InChI is InChI=1S/C12H17N5O/c1-9(2)7-13-12(18)14-8-17-11-6-4-3-5-10(11)15-16-17/h3-6,9H,7-8H2,1-2H3,(H2,13,14,18). The topological polar surface area (TPSA) is 71.8 Å². The molecule has 0 bridgehead atoms. The van der Waals surface area contributed by atoms with E-state index in [1.165, 1.54) is 0 Å². The summed E-state index contributed by atoms with van der Waals surface area (Å²) in [6, 6.07) is 7.44. The molecular weight excluding hydrogens is 230 g/mol. The van der Waals surface area contributed by atoms with Gasteiger partial charge in [-0.3, -0.25) is 0 Å². The van der Waals surface area contributed by atoms with Crippen molar-refractivity contribution in [1.82, 2.24) is 25.6 Å². The molecule has 1 aromatic heterocycles. The largest absolute Gasteiger partial charge is 0.338 e. The van der Waals surface area contributed by atoms with Crippen molar-refractivity contribution in [2.75, 3.05) is 6.54 Å². The number of hydrogen-bond acceptors (Lipinski definition) is 3. The molecule has 0 fully saturated rings. The van der Waals surface area contributed by atoms with Crippen LogP contribution in [0.15, 0.2) is 24.3 Å². The van der Waals surface area contributed by atoms with Crippen LogP contribution >= 0.6 is 0 Å². The van der Waals surface area contributed by atoms with Crippen LogP contribution in [0.4, 0.5) is 4.79 Å². The smallest absolute Gasteiger partial charge is 0.316 e. The fraction of sp³-hybridized carbons (Fsp3) is 0.417. The van der Waals surface area contributed by atoms with Crippen LogP contribution in [0.3, 0.4) is 0 Å². The number of rotatable bonds is 4. The number of hydrogen-bond donors (Lipinski definition) is 2. The van der Waals surface area contributed by atoms with Crippen LogP contribution in [-0.2, 0) is 6.67 Å². The van der Waals surface area contributed by atoms with Crippen molar-refractivity contribution in [3.63, 3.8) is 0 Å². The molecule has 2 N–H and O–H groups in total. The molecule has 1 aromatic carbocycles. The summed E-state index contributed by atoms with van der Waals surface area (Å²) in [4.78, 5) is 11.5. The van der Waals surface area contributed by atoms with Crippen LogP contribution in [0.1, 0.15) is 13.8 Å². The third-order valence-corrected chi connectivity index (χ3v) is 2.48. The number of aromatic nitrogens is 3. The van der Waals surface area contributed by atoms with Crippen molar-refractivity contribution in [3.8, 4) is 0 Å². The predicted octanol–water partition coefficient (Wildman–Crippen LogP) is 1.34. The summed E-state index contributed by atoms with van der Waals surface area (Å²) in [5, 5.41) is 13.5. The first-order chi connectivity index (χ1) is 8.66. The summed E-state index contributed by atoms with van der Waals surface area (Å²) in [5.74, 6) is 0.433. The minimum atomic E-state index is -0.191. The maximum Gasteiger partial charge on any atom is 0.316 e. The molecule has 0 spiro atoms. The van der Waals surface area contributed by atoms with Gasteiger partial charge in [-0.15, -0.1) is 5.10 Å². The van der Waals surface area contributed by atoms with E-state index in [0.717, 1.165) is 11.0 Å². The van der Waals surface area contributed by atoms with Gasteiger partial charge in [0.05, 0.1) is 5.52 Å². The fourth-order valence-electron chi connectivity index (χ4n) is 1.54. The number of carbonyl (C=O) groups excluding carboxylic acids is 1. The van der Waals surface area contributed by atoms with E-state index in [-0.39, 0.29) is 6.03 Å². The summed E-state index contributed by atoms with van der Waals surface area (Å²) in [7, 11) is 0. The lowest BCUT2D eigenvalue weighted by atomic mass is 10.2. The van der Waals surface area contributed by atoms with Gasteiger partial charge in [-0.05, 0) is 18.1 Å². The van der Waals surface area contributed by atoms with Gasteiger partial charge in [-0.2, -0.15) is 0 Å². The number of fused-ring (bicyclic) bond motifs is 1. The first-order valence-corrected chi connectivity index (χ1v) is 5.96. The zero-order valence-corrected chi connectivity index (χ0v) is 10.6. The first kappa shape index (κ1) is 12.3.